The van der Waals surface area contributed by atoms with E-state index in [0.717, 1.165) is 18.3 Å². The lowest BCUT2D eigenvalue weighted by Crippen LogP contribution is -2.41. The second kappa shape index (κ2) is 6.36. The minimum absolute atomic E-state index is 0.0426. The first-order valence-corrected chi connectivity index (χ1v) is 8.32. The van der Waals surface area contributed by atoms with E-state index in [0.29, 0.717) is 24.7 Å². The van der Waals surface area contributed by atoms with Crippen LogP contribution >= 0.6 is 0 Å². The van der Waals surface area contributed by atoms with Gasteiger partial charge in [-0.05, 0) is 33.8 Å². The van der Waals surface area contributed by atoms with Crippen molar-refractivity contribution >= 4 is 12.6 Å². The number of rotatable bonds is 3. The molecule has 0 saturated carbocycles. The van der Waals surface area contributed by atoms with E-state index < -0.39 is 18.3 Å². The van der Waals surface area contributed by atoms with E-state index in [-0.39, 0.29) is 6.10 Å². The van der Waals surface area contributed by atoms with Crippen LogP contribution in [0.1, 0.15) is 46.1 Å². The summed E-state index contributed by atoms with van der Waals surface area (Å²) in [4.78, 5) is 4.34. The summed E-state index contributed by atoms with van der Waals surface area (Å²) in [5, 5.41) is 9.44. The molecule has 3 heterocycles. The quantitative estimate of drug-likeness (QED) is 0.787. The molecule has 0 N–H and O–H groups in total. The minimum Gasteiger partial charge on any atom is -0.473 e. The standard InChI is InChI=1S/C17H23BN2O4/c1-16(2)17(3,4)24-18(23-16)13-9-12(10-19)15(20-11-13)22-14-5-7-21-8-6-14/h9,11,14H,5-8H2,1-4H3. The fourth-order valence-electron chi connectivity index (χ4n) is 2.70. The molecule has 3 rings (SSSR count). The average molecular weight is 330 g/mol. The van der Waals surface area contributed by atoms with E-state index in [9.17, 15) is 5.26 Å². The summed E-state index contributed by atoms with van der Waals surface area (Å²) in [5.74, 6) is 0.365. The van der Waals surface area contributed by atoms with E-state index in [1.54, 1.807) is 12.3 Å². The van der Waals surface area contributed by atoms with Crippen LogP contribution in [-0.4, -0.2) is 42.6 Å². The molecule has 6 nitrogen and oxygen atoms in total. The molecule has 0 spiro atoms. The molecule has 0 unspecified atom stereocenters. The molecule has 2 aliphatic heterocycles. The van der Waals surface area contributed by atoms with Crippen LogP contribution < -0.4 is 10.2 Å². The van der Waals surface area contributed by atoms with Crippen LogP contribution in [0.5, 0.6) is 5.88 Å². The fraction of sp³-hybridized carbons (Fsp3) is 0.647. The number of ether oxygens (including phenoxy) is 2. The third kappa shape index (κ3) is 3.27. The van der Waals surface area contributed by atoms with Gasteiger partial charge in [-0.3, -0.25) is 0 Å². The van der Waals surface area contributed by atoms with Gasteiger partial charge in [0.2, 0.25) is 5.88 Å². The number of hydrogen-bond acceptors (Lipinski definition) is 6. The molecule has 2 aliphatic rings. The number of aromatic nitrogens is 1. The van der Waals surface area contributed by atoms with Crippen LogP contribution in [0.4, 0.5) is 0 Å². The third-order valence-corrected chi connectivity index (χ3v) is 4.96. The second-order valence-corrected chi connectivity index (χ2v) is 7.25. The van der Waals surface area contributed by atoms with E-state index in [2.05, 4.69) is 11.1 Å². The van der Waals surface area contributed by atoms with Gasteiger partial charge in [0, 0.05) is 24.5 Å². The molecular formula is C17H23BN2O4. The fourth-order valence-corrected chi connectivity index (χ4v) is 2.70. The van der Waals surface area contributed by atoms with E-state index in [1.807, 2.05) is 27.7 Å². The number of nitriles is 1. The maximum atomic E-state index is 9.44. The van der Waals surface area contributed by atoms with Crippen molar-refractivity contribution in [2.24, 2.45) is 0 Å². The van der Waals surface area contributed by atoms with Gasteiger partial charge in [0.15, 0.2) is 0 Å². The van der Waals surface area contributed by atoms with Crippen LogP contribution in [0, 0.1) is 11.3 Å². The molecule has 0 radical (unpaired) electrons. The van der Waals surface area contributed by atoms with Crippen molar-refractivity contribution < 1.29 is 18.8 Å². The molecular weight excluding hydrogens is 307 g/mol. The summed E-state index contributed by atoms with van der Waals surface area (Å²) in [6.07, 6.45) is 3.33. The Morgan fingerprint density at radius 1 is 1.21 bits per heavy atom. The Hall–Kier alpha value is -1.62. The summed E-state index contributed by atoms with van der Waals surface area (Å²) in [5.41, 5.74) is 0.266. The lowest BCUT2D eigenvalue weighted by atomic mass is 9.80. The van der Waals surface area contributed by atoms with Gasteiger partial charge >= 0.3 is 7.12 Å². The predicted molar refractivity (Wildman–Crippen MR) is 89.1 cm³/mol. The first-order chi connectivity index (χ1) is 11.3. The molecule has 24 heavy (non-hydrogen) atoms. The van der Waals surface area contributed by atoms with Crippen LogP contribution in [0.3, 0.4) is 0 Å². The predicted octanol–water partition coefficient (Wildman–Crippen LogP) is 1.81. The summed E-state index contributed by atoms with van der Waals surface area (Å²) < 4.78 is 23.2. The van der Waals surface area contributed by atoms with Gasteiger partial charge in [-0.2, -0.15) is 5.26 Å². The van der Waals surface area contributed by atoms with Crippen molar-refractivity contribution in [3.05, 3.63) is 17.8 Å². The highest BCUT2D eigenvalue weighted by molar-refractivity contribution is 6.62. The van der Waals surface area contributed by atoms with Gasteiger partial charge in [-0.15, -0.1) is 0 Å². The van der Waals surface area contributed by atoms with E-state index >= 15 is 0 Å². The topological polar surface area (TPSA) is 73.6 Å². The first kappa shape index (κ1) is 17.2. The molecule has 0 bridgehead atoms. The Morgan fingerprint density at radius 3 is 2.42 bits per heavy atom. The van der Waals surface area contributed by atoms with Crippen LogP contribution in [0.25, 0.3) is 0 Å². The lowest BCUT2D eigenvalue weighted by Gasteiger charge is -2.32. The highest BCUT2D eigenvalue weighted by Crippen LogP contribution is 2.36. The van der Waals surface area contributed by atoms with Crippen molar-refractivity contribution in [3.8, 4) is 11.9 Å². The molecule has 0 aromatic carbocycles. The zero-order chi connectivity index (χ0) is 17.4. The van der Waals surface area contributed by atoms with Gasteiger partial charge in [0.1, 0.15) is 17.7 Å². The molecule has 7 heteroatoms. The number of hydrogen-bond donors (Lipinski definition) is 0. The molecule has 2 fully saturated rings. The number of pyridine rings is 1. The summed E-state index contributed by atoms with van der Waals surface area (Å²) >= 11 is 0. The Kier molecular flexibility index (Phi) is 4.56. The van der Waals surface area contributed by atoms with Gasteiger partial charge in [-0.25, -0.2) is 4.98 Å². The van der Waals surface area contributed by atoms with Crippen molar-refractivity contribution in [2.75, 3.05) is 13.2 Å². The Bertz CT molecular complexity index is 634. The van der Waals surface area contributed by atoms with Gasteiger partial charge < -0.3 is 18.8 Å². The maximum Gasteiger partial charge on any atom is 0.496 e. The van der Waals surface area contributed by atoms with Crippen LogP contribution in [-0.2, 0) is 14.0 Å². The molecule has 2 saturated heterocycles. The second-order valence-electron chi connectivity index (χ2n) is 7.25. The molecule has 1 aromatic heterocycles. The first-order valence-electron chi connectivity index (χ1n) is 8.32. The smallest absolute Gasteiger partial charge is 0.473 e. The molecule has 1 aromatic rings. The normalized spacial score (nSPS) is 23.0. The Labute approximate surface area is 143 Å². The lowest BCUT2D eigenvalue weighted by molar-refractivity contribution is 0.00578. The van der Waals surface area contributed by atoms with Gasteiger partial charge in [-0.1, -0.05) is 0 Å². The van der Waals surface area contributed by atoms with Gasteiger partial charge in [0.05, 0.1) is 24.4 Å². The van der Waals surface area contributed by atoms with Gasteiger partial charge in [0.25, 0.3) is 0 Å². The monoisotopic (exact) mass is 330 g/mol. The minimum atomic E-state index is -0.535. The number of nitrogens with zero attached hydrogens (tertiary/aromatic N) is 2. The maximum absolute atomic E-state index is 9.44. The highest BCUT2D eigenvalue weighted by atomic mass is 16.7. The average Bonchev–Trinajstić information content (AvgIpc) is 2.77. The van der Waals surface area contributed by atoms with Crippen molar-refractivity contribution in [1.82, 2.24) is 4.98 Å². The van der Waals surface area contributed by atoms with Crippen molar-refractivity contribution in [3.63, 3.8) is 0 Å². The van der Waals surface area contributed by atoms with Crippen molar-refractivity contribution in [1.29, 1.82) is 5.26 Å². The summed E-state index contributed by atoms with van der Waals surface area (Å²) in [6.45, 7) is 9.34. The zero-order valence-electron chi connectivity index (χ0n) is 14.7. The molecule has 0 amide bonds. The third-order valence-electron chi connectivity index (χ3n) is 4.96. The summed E-state index contributed by atoms with van der Waals surface area (Å²) in [7, 11) is -0.535. The largest absolute Gasteiger partial charge is 0.496 e. The van der Waals surface area contributed by atoms with Crippen LogP contribution in [0.15, 0.2) is 12.3 Å². The molecule has 0 aliphatic carbocycles. The van der Waals surface area contributed by atoms with E-state index in [4.69, 9.17) is 18.8 Å². The summed E-state index contributed by atoms with van der Waals surface area (Å²) in [6, 6.07) is 3.90. The van der Waals surface area contributed by atoms with Crippen LogP contribution in [0.2, 0.25) is 0 Å². The molecule has 0 atom stereocenters. The SMILES string of the molecule is CC1(C)OB(c2cnc(OC3CCOCC3)c(C#N)c2)OC1(C)C. The Balaban J connectivity index is 1.78. The zero-order valence-corrected chi connectivity index (χ0v) is 14.7. The van der Waals surface area contributed by atoms with E-state index in [1.165, 1.54) is 0 Å². The van der Waals surface area contributed by atoms with Crippen molar-refractivity contribution in [2.45, 2.75) is 57.8 Å². The highest BCUT2D eigenvalue weighted by Gasteiger charge is 2.51. The Morgan fingerprint density at radius 2 is 1.83 bits per heavy atom. The molecule has 128 valence electrons.